The number of likely N-dealkylation sites (tertiary alicyclic amines) is 1. The van der Waals surface area contributed by atoms with Crippen LogP contribution in [-0.2, 0) is 4.79 Å². The van der Waals surface area contributed by atoms with E-state index in [0.29, 0.717) is 12.5 Å². The number of hydrogen-bond acceptors (Lipinski definition) is 3. The summed E-state index contributed by atoms with van der Waals surface area (Å²) < 4.78 is 0. The minimum atomic E-state index is -1.05. The van der Waals surface area contributed by atoms with Gasteiger partial charge in [-0.25, -0.2) is 9.59 Å². The molecule has 2 unspecified atom stereocenters. The average Bonchev–Trinajstić information content (AvgIpc) is 2.88. The van der Waals surface area contributed by atoms with Gasteiger partial charge in [-0.15, -0.1) is 6.58 Å². The summed E-state index contributed by atoms with van der Waals surface area (Å²) in [4.78, 5) is 24.9. The Morgan fingerprint density at radius 2 is 2.05 bits per heavy atom. The molecule has 1 aliphatic rings. The molecule has 0 spiro atoms. The number of aliphatic carboxylic acids is 1. The Hall–Kier alpha value is -1.56. The Bertz CT molecular complexity index is 341. The standard InChI is InChI=1S/C14H25N3O3/c1-3-6-12(13(18)19)16-14(20)15-9-11(2)10-17-7-4-5-8-17/h3,11-12H,1,4-10H2,2H3,(H,18,19)(H2,15,16,20). The molecule has 0 bridgehead atoms. The lowest BCUT2D eigenvalue weighted by atomic mass is 10.1. The third kappa shape index (κ3) is 6.06. The summed E-state index contributed by atoms with van der Waals surface area (Å²) in [7, 11) is 0. The van der Waals surface area contributed by atoms with E-state index in [0.717, 1.165) is 19.6 Å². The number of carbonyl (C=O) groups is 2. The third-order valence-electron chi connectivity index (χ3n) is 3.39. The van der Waals surface area contributed by atoms with Gasteiger partial charge in [-0.05, 0) is 38.3 Å². The van der Waals surface area contributed by atoms with Crippen LogP contribution in [0.4, 0.5) is 4.79 Å². The Labute approximate surface area is 120 Å². The fraction of sp³-hybridized carbons (Fsp3) is 0.714. The molecule has 0 aromatic heterocycles. The first-order chi connectivity index (χ1) is 9.52. The molecule has 1 heterocycles. The van der Waals surface area contributed by atoms with Crippen LogP contribution in [0.1, 0.15) is 26.2 Å². The number of carboxylic acids is 1. The lowest BCUT2D eigenvalue weighted by molar-refractivity contribution is -0.139. The van der Waals surface area contributed by atoms with Crippen LogP contribution in [0.15, 0.2) is 12.7 Å². The van der Waals surface area contributed by atoms with Crippen LogP contribution < -0.4 is 10.6 Å². The second-order valence-electron chi connectivity index (χ2n) is 5.38. The molecule has 1 fully saturated rings. The highest BCUT2D eigenvalue weighted by Gasteiger charge is 2.19. The van der Waals surface area contributed by atoms with Crippen molar-refractivity contribution in [2.75, 3.05) is 26.2 Å². The van der Waals surface area contributed by atoms with Crippen molar-refractivity contribution in [3.8, 4) is 0 Å². The van der Waals surface area contributed by atoms with Crippen molar-refractivity contribution < 1.29 is 14.7 Å². The molecule has 1 aliphatic heterocycles. The Kier molecular flexibility index (Phi) is 7.08. The van der Waals surface area contributed by atoms with Crippen molar-refractivity contribution in [2.24, 2.45) is 5.92 Å². The molecule has 0 saturated carbocycles. The molecule has 2 atom stereocenters. The van der Waals surface area contributed by atoms with Gasteiger partial charge in [0.25, 0.3) is 0 Å². The van der Waals surface area contributed by atoms with E-state index in [4.69, 9.17) is 5.11 Å². The van der Waals surface area contributed by atoms with E-state index < -0.39 is 18.0 Å². The van der Waals surface area contributed by atoms with E-state index in [1.807, 2.05) is 0 Å². The van der Waals surface area contributed by atoms with Gasteiger partial charge in [0.15, 0.2) is 0 Å². The van der Waals surface area contributed by atoms with Crippen molar-refractivity contribution in [3.63, 3.8) is 0 Å². The Balaban J connectivity index is 2.23. The van der Waals surface area contributed by atoms with E-state index in [9.17, 15) is 9.59 Å². The normalized spacial score (nSPS) is 18.2. The number of urea groups is 1. The smallest absolute Gasteiger partial charge is 0.326 e. The maximum Gasteiger partial charge on any atom is 0.326 e. The largest absolute Gasteiger partial charge is 0.480 e. The molecular weight excluding hydrogens is 258 g/mol. The van der Waals surface area contributed by atoms with E-state index in [-0.39, 0.29) is 6.42 Å². The first-order valence-electron chi connectivity index (χ1n) is 7.13. The molecule has 0 aliphatic carbocycles. The fourth-order valence-electron chi connectivity index (χ4n) is 2.33. The van der Waals surface area contributed by atoms with Crippen molar-refractivity contribution in [2.45, 2.75) is 32.2 Å². The van der Waals surface area contributed by atoms with E-state index in [1.165, 1.54) is 18.9 Å². The summed E-state index contributed by atoms with van der Waals surface area (Å²) in [5, 5.41) is 14.1. The zero-order valence-electron chi connectivity index (χ0n) is 12.1. The molecule has 1 rings (SSSR count). The van der Waals surface area contributed by atoms with Gasteiger partial charge in [0.2, 0.25) is 0 Å². The summed E-state index contributed by atoms with van der Waals surface area (Å²) in [6.07, 6.45) is 4.20. The first kappa shape index (κ1) is 16.5. The highest BCUT2D eigenvalue weighted by molar-refractivity contribution is 5.82. The average molecular weight is 283 g/mol. The molecule has 1 saturated heterocycles. The van der Waals surface area contributed by atoms with Crippen molar-refractivity contribution in [1.82, 2.24) is 15.5 Å². The molecule has 114 valence electrons. The zero-order chi connectivity index (χ0) is 15.0. The van der Waals surface area contributed by atoms with Crippen molar-refractivity contribution in [1.29, 1.82) is 0 Å². The third-order valence-corrected chi connectivity index (χ3v) is 3.39. The minimum Gasteiger partial charge on any atom is -0.480 e. The van der Waals surface area contributed by atoms with Crippen LogP contribution in [0.5, 0.6) is 0 Å². The molecule has 6 heteroatoms. The Morgan fingerprint density at radius 3 is 2.60 bits per heavy atom. The summed E-state index contributed by atoms with van der Waals surface area (Å²) in [6.45, 7) is 9.35. The van der Waals surface area contributed by atoms with Gasteiger partial charge in [0.05, 0.1) is 0 Å². The van der Waals surface area contributed by atoms with E-state index >= 15 is 0 Å². The van der Waals surface area contributed by atoms with E-state index in [1.54, 1.807) is 0 Å². The molecular formula is C14H25N3O3. The second kappa shape index (κ2) is 8.58. The molecule has 20 heavy (non-hydrogen) atoms. The van der Waals surface area contributed by atoms with Gasteiger partial charge in [-0.2, -0.15) is 0 Å². The summed E-state index contributed by atoms with van der Waals surface area (Å²) in [5.74, 6) is -0.702. The highest BCUT2D eigenvalue weighted by atomic mass is 16.4. The van der Waals surface area contributed by atoms with Crippen LogP contribution in [0.2, 0.25) is 0 Å². The molecule has 2 amide bonds. The summed E-state index contributed by atoms with van der Waals surface area (Å²) >= 11 is 0. The minimum absolute atomic E-state index is 0.214. The van der Waals surface area contributed by atoms with Crippen LogP contribution in [0, 0.1) is 5.92 Å². The van der Waals surface area contributed by atoms with Gasteiger partial charge < -0.3 is 20.6 Å². The van der Waals surface area contributed by atoms with Crippen molar-refractivity contribution >= 4 is 12.0 Å². The number of carbonyl (C=O) groups excluding carboxylic acids is 1. The lowest BCUT2D eigenvalue weighted by Crippen LogP contribution is -2.47. The number of amides is 2. The summed E-state index contributed by atoms with van der Waals surface area (Å²) in [6, 6.07) is -1.35. The van der Waals surface area contributed by atoms with E-state index in [2.05, 4.69) is 29.0 Å². The highest BCUT2D eigenvalue weighted by Crippen LogP contribution is 2.09. The molecule has 0 radical (unpaired) electrons. The zero-order valence-corrected chi connectivity index (χ0v) is 12.1. The van der Waals surface area contributed by atoms with Gasteiger partial charge in [-0.3, -0.25) is 0 Å². The number of hydrogen-bond donors (Lipinski definition) is 3. The second-order valence-corrected chi connectivity index (χ2v) is 5.38. The Morgan fingerprint density at radius 1 is 1.40 bits per heavy atom. The predicted octanol–water partition coefficient (Wildman–Crippen LogP) is 1.05. The molecule has 0 aromatic carbocycles. The van der Waals surface area contributed by atoms with Crippen LogP contribution in [0.3, 0.4) is 0 Å². The van der Waals surface area contributed by atoms with Gasteiger partial charge in [-0.1, -0.05) is 13.0 Å². The fourth-order valence-corrected chi connectivity index (χ4v) is 2.33. The summed E-state index contributed by atoms with van der Waals surface area (Å²) in [5.41, 5.74) is 0. The SMILES string of the molecule is C=CCC(NC(=O)NCC(C)CN1CCCC1)C(=O)O. The van der Waals surface area contributed by atoms with Crippen molar-refractivity contribution in [3.05, 3.63) is 12.7 Å². The van der Waals surface area contributed by atoms with Crippen LogP contribution in [-0.4, -0.2) is 54.2 Å². The number of rotatable bonds is 8. The quantitative estimate of drug-likeness (QED) is 0.582. The van der Waals surface area contributed by atoms with Gasteiger partial charge in [0, 0.05) is 13.1 Å². The maximum atomic E-state index is 11.6. The predicted molar refractivity (Wildman–Crippen MR) is 77.6 cm³/mol. The van der Waals surface area contributed by atoms with Crippen LogP contribution in [0.25, 0.3) is 0 Å². The number of carboxylic acid groups (broad SMARTS) is 1. The lowest BCUT2D eigenvalue weighted by Gasteiger charge is -2.21. The maximum absolute atomic E-state index is 11.6. The first-order valence-corrected chi connectivity index (χ1v) is 7.13. The van der Waals surface area contributed by atoms with Crippen LogP contribution >= 0.6 is 0 Å². The number of nitrogens with one attached hydrogen (secondary N) is 2. The monoisotopic (exact) mass is 283 g/mol. The van der Waals surface area contributed by atoms with Gasteiger partial charge >= 0.3 is 12.0 Å². The molecule has 3 N–H and O–H groups in total. The van der Waals surface area contributed by atoms with Gasteiger partial charge in [0.1, 0.15) is 6.04 Å². The number of nitrogens with zero attached hydrogens (tertiary/aromatic N) is 1. The molecule has 6 nitrogen and oxygen atoms in total. The topological polar surface area (TPSA) is 81.7 Å². The molecule has 0 aromatic rings.